The lowest BCUT2D eigenvalue weighted by molar-refractivity contribution is -0.131. The monoisotopic (exact) mass is 343 g/mol. The van der Waals surface area contributed by atoms with E-state index in [9.17, 15) is 19.5 Å². The number of methoxy groups -OCH3 is 1. The summed E-state index contributed by atoms with van der Waals surface area (Å²) in [4.78, 5) is 39.2. The Bertz CT molecular complexity index is 833. The van der Waals surface area contributed by atoms with Crippen molar-refractivity contribution in [2.24, 2.45) is 11.8 Å². The molecule has 2 saturated heterocycles. The van der Waals surface area contributed by atoms with Gasteiger partial charge in [0, 0.05) is 0 Å². The number of aliphatic hydroxyl groups excluding tert-OH is 1. The summed E-state index contributed by atoms with van der Waals surface area (Å²) in [7, 11) is 1.24. The average molecular weight is 343 g/mol. The summed E-state index contributed by atoms with van der Waals surface area (Å²) in [6.45, 7) is 1.33. The van der Waals surface area contributed by atoms with E-state index in [1.807, 2.05) is 0 Å². The smallest absolute Gasteiger partial charge is 0.339 e. The number of imide groups is 1. The minimum Gasteiger partial charge on any atom is -0.465 e. The zero-order chi connectivity index (χ0) is 18.0. The molecule has 0 aliphatic carbocycles. The van der Waals surface area contributed by atoms with Gasteiger partial charge in [-0.15, -0.1) is 0 Å². The number of para-hydroxylation sites is 1. The van der Waals surface area contributed by atoms with E-state index in [1.165, 1.54) is 19.2 Å². The number of fused-ring (bicyclic) bond motifs is 5. The molecule has 7 heteroatoms. The molecule has 0 spiro atoms. The number of benzene rings is 1. The first-order valence-electron chi connectivity index (χ1n) is 7.95. The lowest BCUT2D eigenvalue weighted by atomic mass is 9.73. The summed E-state index contributed by atoms with van der Waals surface area (Å²) >= 11 is 0. The summed E-state index contributed by atoms with van der Waals surface area (Å²) in [5, 5.41) is 9.81. The summed E-state index contributed by atoms with van der Waals surface area (Å²) < 4.78 is 10.6. The number of esters is 1. The second-order valence-corrected chi connectivity index (χ2v) is 6.71. The molecule has 25 heavy (non-hydrogen) atoms. The predicted molar refractivity (Wildman–Crippen MR) is 85.7 cm³/mol. The van der Waals surface area contributed by atoms with Crippen LogP contribution in [0.3, 0.4) is 0 Å². The van der Waals surface area contributed by atoms with Crippen LogP contribution < -0.4 is 4.90 Å². The highest BCUT2D eigenvalue weighted by Gasteiger charge is 2.72. The van der Waals surface area contributed by atoms with Gasteiger partial charge in [-0.1, -0.05) is 24.3 Å². The minimum absolute atomic E-state index is 0.135. The number of amides is 2. The highest BCUT2D eigenvalue weighted by atomic mass is 16.5. The molecular formula is C18H17NO6. The first-order chi connectivity index (χ1) is 11.9. The van der Waals surface area contributed by atoms with Gasteiger partial charge in [0.15, 0.2) is 0 Å². The van der Waals surface area contributed by atoms with Gasteiger partial charge in [0.1, 0.15) is 5.60 Å². The maximum atomic E-state index is 13.1. The molecule has 1 N–H and O–H groups in total. The van der Waals surface area contributed by atoms with Gasteiger partial charge in [-0.05, 0) is 19.1 Å². The van der Waals surface area contributed by atoms with Gasteiger partial charge in [-0.3, -0.25) is 9.59 Å². The Kier molecular flexibility index (Phi) is 3.20. The third-order valence-electron chi connectivity index (χ3n) is 5.35. The molecule has 1 aromatic rings. The van der Waals surface area contributed by atoms with E-state index in [2.05, 4.69) is 0 Å². The molecule has 0 saturated carbocycles. The molecule has 4 atom stereocenters. The van der Waals surface area contributed by atoms with Crippen LogP contribution in [0.15, 0.2) is 36.4 Å². The fourth-order valence-electron chi connectivity index (χ4n) is 4.23. The average Bonchev–Trinajstić information content (AvgIpc) is 3.20. The summed E-state index contributed by atoms with van der Waals surface area (Å²) in [5.41, 5.74) is -1.82. The van der Waals surface area contributed by atoms with Gasteiger partial charge in [-0.25, -0.2) is 9.69 Å². The van der Waals surface area contributed by atoms with E-state index in [0.717, 1.165) is 4.90 Å². The number of hydrogen-bond donors (Lipinski definition) is 1. The van der Waals surface area contributed by atoms with E-state index < -0.39 is 47.4 Å². The maximum Gasteiger partial charge on any atom is 0.339 e. The van der Waals surface area contributed by atoms with Gasteiger partial charge >= 0.3 is 5.97 Å². The molecule has 0 aromatic heterocycles. The third-order valence-corrected chi connectivity index (χ3v) is 5.35. The van der Waals surface area contributed by atoms with Crippen molar-refractivity contribution in [2.75, 3.05) is 18.6 Å². The molecule has 2 amide bonds. The van der Waals surface area contributed by atoms with Crippen LogP contribution in [-0.4, -0.2) is 47.8 Å². The molecule has 0 radical (unpaired) electrons. The second-order valence-electron chi connectivity index (χ2n) is 6.71. The van der Waals surface area contributed by atoms with Gasteiger partial charge in [0.2, 0.25) is 11.8 Å². The van der Waals surface area contributed by atoms with Gasteiger partial charge in [-0.2, -0.15) is 0 Å². The number of rotatable bonds is 3. The van der Waals surface area contributed by atoms with Crippen LogP contribution in [0, 0.1) is 11.8 Å². The third kappa shape index (κ3) is 1.85. The van der Waals surface area contributed by atoms with Crippen LogP contribution in [0.4, 0.5) is 5.69 Å². The predicted octanol–water partition coefficient (Wildman–Crippen LogP) is 0.669. The Morgan fingerprint density at radius 3 is 2.60 bits per heavy atom. The highest BCUT2D eigenvalue weighted by Crippen LogP contribution is 2.57. The lowest BCUT2D eigenvalue weighted by Crippen LogP contribution is -2.43. The molecular weight excluding hydrogens is 326 g/mol. The second kappa shape index (κ2) is 5.00. The molecule has 2 bridgehead atoms. The molecule has 7 nitrogen and oxygen atoms in total. The Balaban J connectivity index is 1.83. The molecule has 4 rings (SSSR count). The Morgan fingerprint density at radius 1 is 1.24 bits per heavy atom. The molecule has 3 heterocycles. The number of ether oxygens (including phenoxy) is 2. The largest absolute Gasteiger partial charge is 0.465 e. The van der Waals surface area contributed by atoms with Crippen molar-refractivity contribution >= 4 is 23.5 Å². The van der Waals surface area contributed by atoms with E-state index >= 15 is 0 Å². The topological polar surface area (TPSA) is 93.1 Å². The Labute approximate surface area is 143 Å². The van der Waals surface area contributed by atoms with Crippen molar-refractivity contribution in [1.29, 1.82) is 0 Å². The normalized spacial score (nSPS) is 35.4. The Hall–Kier alpha value is -2.51. The van der Waals surface area contributed by atoms with E-state index in [4.69, 9.17) is 9.47 Å². The van der Waals surface area contributed by atoms with Crippen molar-refractivity contribution < 1.29 is 29.0 Å². The number of carbonyl (C=O) groups is 3. The van der Waals surface area contributed by atoms with Gasteiger partial charge < -0.3 is 14.6 Å². The standard InChI is InChI=1S/C18H17NO6/c1-17-7-8-18(9-20,25-17)13-12(17)14(21)19(15(13)22)11-6-4-3-5-10(11)16(23)24-2/h3-8,12-13,20H,9H2,1-2H3/t12-,13-,17-,18+/m1/s1. The number of hydrogen-bond acceptors (Lipinski definition) is 6. The van der Waals surface area contributed by atoms with E-state index in [1.54, 1.807) is 31.2 Å². The van der Waals surface area contributed by atoms with Crippen LogP contribution in [0.1, 0.15) is 17.3 Å². The molecule has 3 aliphatic heterocycles. The van der Waals surface area contributed by atoms with Crippen LogP contribution >= 0.6 is 0 Å². The number of carbonyl (C=O) groups excluding carboxylic acids is 3. The zero-order valence-electron chi connectivity index (χ0n) is 13.8. The highest BCUT2D eigenvalue weighted by molar-refractivity contribution is 6.25. The van der Waals surface area contributed by atoms with Crippen LogP contribution in [-0.2, 0) is 19.1 Å². The summed E-state index contributed by atoms with van der Waals surface area (Å²) in [6.07, 6.45) is 3.39. The first kappa shape index (κ1) is 16.0. The van der Waals surface area contributed by atoms with Crippen molar-refractivity contribution in [3.8, 4) is 0 Å². The molecule has 130 valence electrons. The summed E-state index contributed by atoms with van der Waals surface area (Å²) in [5.74, 6) is -3.09. The number of anilines is 1. The number of aliphatic hydroxyl groups is 1. The first-order valence-corrected chi connectivity index (χ1v) is 7.95. The molecule has 3 aliphatic rings. The van der Waals surface area contributed by atoms with Gasteiger partial charge in [0.05, 0.1) is 42.4 Å². The maximum absolute atomic E-state index is 13.1. The molecule has 2 fully saturated rings. The molecule has 1 aromatic carbocycles. The SMILES string of the molecule is COC(=O)c1ccccc1N1C(=O)[C@H]2[C@H](C1=O)[C@@]1(CO)C=C[C@@]2(C)O1. The number of nitrogens with zero attached hydrogens (tertiary/aromatic N) is 1. The summed E-state index contributed by atoms with van der Waals surface area (Å²) in [6, 6.07) is 6.31. The fourth-order valence-corrected chi connectivity index (χ4v) is 4.23. The van der Waals surface area contributed by atoms with E-state index in [-0.39, 0.29) is 11.3 Å². The zero-order valence-corrected chi connectivity index (χ0v) is 13.8. The Morgan fingerprint density at radius 2 is 1.92 bits per heavy atom. The van der Waals surface area contributed by atoms with Crippen LogP contribution in [0.2, 0.25) is 0 Å². The van der Waals surface area contributed by atoms with Crippen molar-refractivity contribution in [2.45, 2.75) is 18.1 Å². The van der Waals surface area contributed by atoms with Crippen LogP contribution in [0.5, 0.6) is 0 Å². The van der Waals surface area contributed by atoms with Crippen molar-refractivity contribution in [3.63, 3.8) is 0 Å². The van der Waals surface area contributed by atoms with Gasteiger partial charge in [0.25, 0.3) is 0 Å². The van der Waals surface area contributed by atoms with Crippen molar-refractivity contribution in [3.05, 3.63) is 42.0 Å². The quantitative estimate of drug-likeness (QED) is 0.493. The van der Waals surface area contributed by atoms with E-state index in [0.29, 0.717) is 0 Å². The lowest BCUT2D eigenvalue weighted by Gasteiger charge is -2.27. The molecule has 0 unspecified atom stereocenters. The van der Waals surface area contributed by atoms with Crippen LogP contribution in [0.25, 0.3) is 0 Å². The van der Waals surface area contributed by atoms with Crippen molar-refractivity contribution in [1.82, 2.24) is 0 Å². The minimum atomic E-state index is -1.19. The fraction of sp³-hybridized carbons (Fsp3) is 0.389.